The summed E-state index contributed by atoms with van der Waals surface area (Å²) in [5.41, 5.74) is 13.7. The molecule has 0 spiro atoms. The Morgan fingerprint density at radius 2 is 1.94 bits per heavy atom. The average molecular weight is 414 g/mol. The van der Waals surface area contributed by atoms with Crippen molar-refractivity contribution in [3.05, 3.63) is 48.4 Å². The lowest BCUT2D eigenvalue weighted by Crippen LogP contribution is -2.69. The van der Waals surface area contributed by atoms with Crippen molar-refractivity contribution in [2.45, 2.75) is 18.5 Å². The molecule has 31 heavy (non-hydrogen) atoms. The van der Waals surface area contributed by atoms with Crippen LogP contribution in [0.25, 0.3) is 11.3 Å². The fraction of sp³-hybridized carbons (Fsp3) is 0.273. The SMILES string of the molecule is NCC#Cc1nccc(N2[C@@H]3C[C@H]2CN(c2cc(-c4ccccc4O)nnc2N)C3)n1. The third kappa shape index (κ3) is 3.47. The molecule has 1 aromatic carbocycles. The summed E-state index contributed by atoms with van der Waals surface area (Å²) in [4.78, 5) is 13.3. The molecule has 2 bridgehead atoms. The fourth-order valence-corrected chi connectivity index (χ4v) is 4.33. The molecule has 9 nitrogen and oxygen atoms in total. The number of phenols is 1. The Morgan fingerprint density at radius 3 is 2.71 bits per heavy atom. The van der Waals surface area contributed by atoms with Gasteiger partial charge in [-0.1, -0.05) is 18.1 Å². The third-order valence-corrected chi connectivity index (χ3v) is 5.72. The van der Waals surface area contributed by atoms with Crippen LogP contribution in [0, 0.1) is 11.8 Å². The van der Waals surface area contributed by atoms with E-state index in [9.17, 15) is 5.11 Å². The summed E-state index contributed by atoms with van der Waals surface area (Å²) in [5.74, 6) is 7.61. The number of phenolic OH excluding ortho intramolecular Hbond substituents is 1. The van der Waals surface area contributed by atoms with E-state index in [0.717, 1.165) is 31.0 Å². The maximum atomic E-state index is 10.2. The van der Waals surface area contributed by atoms with Gasteiger partial charge in [0.1, 0.15) is 11.6 Å². The maximum Gasteiger partial charge on any atom is 0.206 e. The van der Waals surface area contributed by atoms with Gasteiger partial charge in [0.05, 0.1) is 30.0 Å². The normalized spacial score (nSPS) is 19.4. The lowest BCUT2D eigenvalue weighted by Gasteiger charge is -2.57. The van der Waals surface area contributed by atoms with E-state index in [4.69, 9.17) is 11.5 Å². The highest BCUT2D eigenvalue weighted by Gasteiger charge is 2.45. The van der Waals surface area contributed by atoms with Gasteiger partial charge in [-0.25, -0.2) is 9.97 Å². The number of para-hydroxylation sites is 1. The molecule has 0 unspecified atom stereocenters. The van der Waals surface area contributed by atoms with E-state index < -0.39 is 0 Å². The summed E-state index contributed by atoms with van der Waals surface area (Å²) in [6.45, 7) is 1.86. The first-order valence-electron chi connectivity index (χ1n) is 10.1. The van der Waals surface area contributed by atoms with Crippen LogP contribution in [0.3, 0.4) is 0 Å². The van der Waals surface area contributed by atoms with E-state index in [0.29, 0.717) is 35.0 Å². The molecule has 3 aliphatic rings. The zero-order chi connectivity index (χ0) is 21.4. The molecule has 2 aromatic heterocycles. The van der Waals surface area contributed by atoms with Gasteiger partial charge in [0.25, 0.3) is 0 Å². The number of aromatic nitrogens is 4. The van der Waals surface area contributed by atoms with Gasteiger partial charge >= 0.3 is 0 Å². The van der Waals surface area contributed by atoms with Crippen LogP contribution in [0.15, 0.2) is 42.6 Å². The second-order valence-electron chi connectivity index (χ2n) is 7.62. The van der Waals surface area contributed by atoms with E-state index in [1.807, 2.05) is 24.3 Å². The van der Waals surface area contributed by atoms with Crippen molar-refractivity contribution in [1.82, 2.24) is 20.2 Å². The van der Waals surface area contributed by atoms with Gasteiger partial charge in [-0.2, -0.15) is 0 Å². The summed E-state index contributed by atoms with van der Waals surface area (Å²) in [5, 5.41) is 18.5. The standard InChI is InChI=1S/C22H22N8O/c23-8-3-6-20-25-9-7-21(26-20)30-14-10-15(30)13-29(12-14)18-11-17(27-28-22(18)24)16-4-1-2-5-19(16)31/h1-2,4-5,7,9,11,14-15,31H,8,10,12-13,23H2,(H2,24,28)/t14-,15+. The number of aromatic hydroxyl groups is 1. The number of anilines is 3. The van der Waals surface area contributed by atoms with Crippen LogP contribution in [0.2, 0.25) is 0 Å². The molecular formula is C22H22N8O. The van der Waals surface area contributed by atoms with E-state index in [1.54, 1.807) is 18.3 Å². The minimum atomic E-state index is 0.164. The minimum absolute atomic E-state index is 0.164. The van der Waals surface area contributed by atoms with Crippen molar-refractivity contribution in [3.8, 4) is 28.8 Å². The van der Waals surface area contributed by atoms with E-state index >= 15 is 0 Å². The van der Waals surface area contributed by atoms with Gasteiger partial charge in [0.15, 0.2) is 5.82 Å². The number of nitrogen functional groups attached to an aromatic ring is 1. The largest absolute Gasteiger partial charge is 0.507 e. The van der Waals surface area contributed by atoms with Gasteiger partial charge in [0, 0.05) is 24.8 Å². The van der Waals surface area contributed by atoms with Gasteiger partial charge in [-0.05, 0) is 36.6 Å². The maximum absolute atomic E-state index is 10.2. The first-order chi connectivity index (χ1) is 15.1. The summed E-state index contributed by atoms with van der Waals surface area (Å²) < 4.78 is 0. The number of hydrogen-bond acceptors (Lipinski definition) is 9. The molecule has 3 saturated heterocycles. The lowest BCUT2D eigenvalue weighted by atomic mass is 9.87. The number of nitrogens with two attached hydrogens (primary N) is 2. The Kier molecular flexibility index (Phi) is 4.76. The first-order valence-corrected chi connectivity index (χ1v) is 10.1. The van der Waals surface area contributed by atoms with E-state index in [1.165, 1.54) is 0 Å². The number of benzene rings is 1. The second kappa shape index (κ2) is 7.74. The van der Waals surface area contributed by atoms with Crippen molar-refractivity contribution in [2.24, 2.45) is 5.73 Å². The summed E-state index contributed by atoms with van der Waals surface area (Å²) >= 11 is 0. The summed E-state index contributed by atoms with van der Waals surface area (Å²) in [7, 11) is 0. The molecule has 9 heteroatoms. The van der Waals surface area contributed by atoms with Crippen molar-refractivity contribution < 1.29 is 5.11 Å². The van der Waals surface area contributed by atoms with Crippen molar-refractivity contribution in [3.63, 3.8) is 0 Å². The highest BCUT2D eigenvalue weighted by molar-refractivity contribution is 5.74. The molecular weight excluding hydrogens is 392 g/mol. The minimum Gasteiger partial charge on any atom is -0.507 e. The molecule has 3 aliphatic heterocycles. The molecule has 5 heterocycles. The van der Waals surface area contributed by atoms with Crippen molar-refractivity contribution >= 4 is 17.3 Å². The molecule has 5 N–H and O–H groups in total. The van der Waals surface area contributed by atoms with Crippen molar-refractivity contribution in [2.75, 3.05) is 35.2 Å². The van der Waals surface area contributed by atoms with Crippen LogP contribution in [-0.4, -0.2) is 57.0 Å². The fourth-order valence-electron chi connectivity index (χ4n) is 4.33. The third-order valence-electron chi connectivity index (χ3n) is 5.72. The van der Waals surface area contributed by atoms with Crippen LogP contribution < -0.4 is 21.3 Å². The highest BCUT2D eigenvalue weighted by Crippen LogP contribution is 2.39. The average Bonchev–Trinajstić information content (AvgIpc) is 2.79. The number of hydrogen-bond donors (Lipinski definition) is 3. The van der Waals surface area contributed by atoms with Crippen LogP contribution in [0.5, 0.6) is 5.75 Å². The monoisotopic (exact) mass is 414 g/mol. The molecule has 6 rings (SSSR count). The van der Waals surface area contributed by atoms with Crippen LogP contribution in [0.4, 0.5) is 17.3 Å². The Hall–Kier alpha value is -3.90. The highest BCUT2D eigenvalue weighted by atomic mass is 16.3. The van der Waals surface area contributed by atoms with Crippen LogP contribution in [0.1, 0.15) is 12.2 Å². The number of piperidine rings is 1. The van der Waals surface area contributed by atoms with Gasteiger partial charge in [-0.3, -0.25) is 0 Å². The molecule has 0 aliphatic carbocycles. The second-order valence-corrected chi connectivity index (χ2v) is 7.62. The first kappa shape index (κ1) is 19.1. The topological polar surface area (TPSA) is 130 Å². The zero-order valence-electron chi connectivity index (χ0n) is 16.8. The number of piperazine rings is 1. The van der Waals surface area contributed by atoms with Gasteiger partial charge in [0.2, 0.25) is 5.82 Å². The summed E-state index contributed by atoms with van der Waals surface area (Å²) in [6.07, 6.45) is 2.83. The van der Waals surface area contributed by atoms with Gasteiger partial charge in [-0.15, -0.1) is 10.2 Å². The van der Waals surface area contributed by atoms with E-state index in [-0.39, 0.29) is 12.3 Å². The molecule has 0 radical (unpaired) electrons. The van der Waals surface area contributed by atoms with E-state index in [2.05, 4.69) is 41.8 Å². The molecule has 3 fully saturated rings. The van der Waals surface area contributed by atoms with Crippen LogP contribution >= 0.6 is 0 Å². The molecule has 0 saturated carbocycles. The molecule has 3 aromatic rings. The van der Waals surface area contributed by atoms with Crippen LogP contribution in [-0.2, 0) is 0 Å². The Morgan fingerprint density at radius 1 is 1.13 bits per heavy atom. The number of nitrogens with zero attached hydrogens (tertiary/aromatic N) is 6. The summed E-state index contributed by atoms with van der Waals surface area (Å²) in [6, 6.07) is 11.5. The Bertz CT molecular complexity index is 1180. The quantitative estimate of drug-likeness (QED) is 0.537. The predicted octanol–water partition coefficient (Wildman–Crippen LogP) is 0.999. The lowest BCUT2D eigenvalue weighted by molar-refractivity contribution is 0.289. The molecule has 0 amide bonds. The molecule has 2 atom stereocenters. The smallest absolute Gasteiger partial charge is 0.206 e. The van der Waals surface area contributed by atoms with Gasteiger partial charge < -0.3 is 26.4 Å². The molecule has 156 valence electrons. The Balaban J connectivity index is 1.38. The predicted molar refractivity (Wildman–Crippen MR) is 118 cm³/mol. The number of fused-ring (bicyclic) bond motifs is 2. The van der Waals surface area contributed by atoms with Crippen molar-refractivity contribution in [1.29, 1.82) is 0 Å². The Labute approximate surface area is 179 Å². The number of rotatable bonds is 3. The zero-order valence-corrected chi connectivity index (χ0v) is 16.8.